The van der Waals surface area contributed by atoms with E-state index in [1.165, 1.54) is 0 Å². The van der Waals surface area contributed by atoms with E-state index >= 15 is 0 Å². The summed E-state index contributed by atoms with van der Waals surface area (Å²) in [6, 6.07) is 5.81. The number of hydrogen-bond acceptors (Lipinski definition) is 3. The summed E-state index contributed by atoms with van der Waals surface area (Å²) in [5.41, 5.74) is 5.03. The van der Waals surface area contributed by atoms with Crippen molar-refractivity contribution in [2.45, 2.75) is 27.3 Å². The number of aryl methyl sites for hydroxylation is 3. The van der Waals surface area contributed by atoms with Crippen LogP contribution in [0.3, 0.4) is 0 Å². The molecule has 1 aromatic carbocycles. The van der Waals surface area contributed by atoms with Crippen molar-refractivity contribution in [2.75, 3.05) is 4.90 Å². The fourth-order valence-corrected chi connectivity index (χ4v) is 2.80. The van der Waals surface area contributed by atoms with E-state index in [1.807, 2.05) is 39.0 Å². The first-order valence-electron chi connectivity index (χ1n) is 6.86. The number of carbonyl (C=O) groups is 2. The van der Waals surface area contributed by atoms with E-state index < -0.39 is 11.7 Å². The van der Waals surface area contributed by atoms with Gasteiger partial charge in [0.05, 0.1) is 17.8 Å². The Bertz CT molecular complexity index is 765. The zero-order chi connectivity index (χ0) is 15.1. The maximum atomic E-state index is 12.3. The number of fused-ring (bicyclic) bond motifs is 1. The normalized spacial score (nSPS) is 13.8. The molecule has 1 aliphatic rings. The van der Waals surface area contributed by atoms with E-state index in [9.17, 15) is 9.59 Å². The molecule has 1 aliphatic heterocycles. The maximum absolute atomic E-state index is 12.3. The highest BCUT2D eigenvalue weighted by atomic mass is 16.2. The molecule has 0 spiro atoms. The number of ketones is 1. The quantitative estimate of drug-likeness (QED) is 0.795. The third-order valence-corrected chi connectivity index (χ3v) is 3.80. The van der Waals surface area contributed by atoms with E-state index in [0.29, 0.717) is 12.1 Å². The molecule has 0 saturated heterocycles. The number of nitrogens with zero attached hydrogens (tertiary/aromatic N) is 2. The Hall–Kier alpha value is -2.49. The molecule has 0 aliphatic carbocycles. The number of pyridine rings is 1. The van der Waals surface area contributed by atoms with Crippen molar-refractivity contribution in [3.8, 4) is 0 Å². The monoisotopic (exact) mass is 280 g/mol. The molecule has 0 saturated carbocycles. The lowest BCUT2D eigenvalue weighted by atomic mass is 10.0. The van der Waals surface area contributed by atoms with Crippen molar-refractivity contribution in [3.05, 3.63) is 58.4 Å². The lowest BCUT2D eigenvalue weighted by molar-refractivity contribution is -0.114. The van der Waals surface area contributed by atoms with Gasteiger partial charge < -0.3 is 0 Å². The molecule has 1 aromatic heterocycles. The van der Waals surface area contributed by atoms with Gasteiger partial charge >= 0.3 is 0 Å². The number of Topliss-reactive ketones (excluding diaryl/α,β-unsaturated/α-hetero) is 1. The predicted octanol–water partition coefficient (Wildman–Crippen LogP) is 2.74. The Labute approximate surface area is 123 Å². The third kappa shape index (κ3) is 2.13. The van der Waals surface area contributed by atoms with Gasteiger partial charge in [-0.05, 0) is 43.0 Å². The Kier molecular flexibility index (Phi) is 3.09. The Morgan fingerprint density at radius 3 is 2.48 bits per heavy atom. The average Bonchev–Trinajstić information content (AvgIpc) is 2.69. The van der Waals surface area contributed by atoms with Gasteiger partial charge in [-0.15, -0.1) is 0 Å². The first-order valence-corrected chi connectivity index (χ1v) is 6.86. The molecule has 4 nitrogen and oxygen atoms in total. The minimum Gasteiger partial charge on any atom is -0.300 e. The van der Waals surface area contributed by atoms with Gasteiger partial charge in [0, 0.05) is 12.4 Å². The molecular weight excluding hydrogens is 264 g/mol. The lowest BCUT2D eigenvalue weighted by Gasteiger charge is -2.19. The van der Waals surface area contributed by atoms with Crippen LogP contribution in [-0.4, -0.2) is 16.7 Å². The molecule has 0 fully saturated rings. The fraction of sp³-hybridized carbons (Fsp3) is 0.235. The highest BCUT2D eigenvalue weighted by molar-refractivity contribution is 6.52. The second kappa shape index (κ2) is 4.81. The summed E-state index contributed by atoms with van der Waals surface area (Å²) in [4.78, 5) is 30.3. The summed E-state index contributed by atoms with van der Waals surface area (Å²) in [6.07, 6.45) is 3.50. The summed E-state index contributed by atoms with van der Waals surface area (Å²) < 4.78 is 0. The van der Waals surface area contributed by atoms with E-state index in [-0.39, 0.29) is 0 Å². The van der Waals surface area contributed by atoms with E-state index in [0.717, 1.165) is 27.9 Å². The molecular formula is C17H16N2O2. The summed E-state index contributed by atoms with van der Waals surface area (Å²) in [6.45, 7) is 6.11. The van der Waals surface area contributed by atoms with E-state index in [2.05, 4.69) is 4.98 Å². The molecule has 0 bridgehead atoms. The van der Waals surface area contributed by atoms with Crippen LogP contribution < -0.4 is 4.90 Å². The zero-order valence-corrected chi connectivity index (χ0v) is 12.3. The van der Waals surface area contributed by atoms with Crippen LogP contribution in [0, 0.1) is 20.8 Å². The fourth-order valence-electron chi connectivity index (χ4n) is 2.80. The summed E-state index contributed by atoms with van der Waals surface area (Å²) in [7, 11) is 0. The number of benzene rings is 1. The highest BCUT2D eigenvalue weighted by Gasteiger charge is 2.38. The molecule has 0 unspecified atom stereocenters. The summed E-state index contributed by atoms with van der Waals surface area (Å²) in [5, 5.41) is 0. The Morgan fingerprint density at radius 1 is 1.05 bits per heavy atom. The number of aromatic nitrogens is 1. The van der Waals surface area contributed by atoms with Crippen LogP contribution in [0.2, 0.25) is 0 Å². The van der Waals surface area contributed by atoms with Crippen molar-refractivity contribution >= 4 is 17.4 Å². The van der Waals surface area contributed by atoms with Gasteiger partial charge in [-0.1, -0.05) is 18.2 Å². The second-order valence-corrected chi connectivity index (χ2v) is 5.51. The molecule has 0 atom stereocenters. The Balaban J connectivity index is 2.08. The van der Waals surface area contributed by atoms with Crippen molar-refractivity contribution in [1.29, 1.82) is 0 Å². The van der Waals surface area contributed by atoms with E-state index in [4.69, 9.17) is 0 Å². The standard InChI is InChI=1S/C17H16N2O2/c1-10-6-13(8-18-7-10)9-19-15-12(3)5-4-11(2)14(15)16(20)17(19)21/h4-8H,9H2,1-3H3. The summed E-state index contributed by atoms with van der Waals surface area (Å²) in [5.74, 6) is -0.865. The van der Waals surface area contributed by atoms with Gasteiger partial charge in [-0.3, -0.25) is 19.5 Å². The molecule has 4 heteroatoms. The highest BCUT2D eigenvalue weighted by Crippen LogP contribution is 2.35. The molecule has 21 heavy (non-hydrogen) atoms. The first-order chi connectivity index (χ1) is 9.99. The van der Waals surface area contributed by atoms with E-state index in [1.54, 1.807) is 17.3 Å². The van der Waals surface area contributed by atoms with Gasteiger partial charge in [0.25, 0.3) is 11.7 Å². The predicted molar refractivity (Wildman–Crippen MR) is 80.4 cm³/mol. The molecule has 3 rings (SSSR count). The first kappa shape index (κ1) is 13.5. The summed E-state index contributed by atoms with van der Waals surface area (Å²) >= 11 is 0. The SMILES string of the molecule is Cc1cncc(CN2C(=O)C(=O)c3c(C)ccc(C)c32)c1. The molecule has 0 N–H and O–H groups in total. The van der Waals surface area contributed by atoms with Crippen LogP contribution in [0.1, 0.15) is 32.6 Å². The van der Waals surface area contributed by atoms with Gasteiger partial charge in [0.2, 0.25) is 0 Å². The van der Waals surface area contributed by atoms with Gasteiger partial charge in [-0.2, -0.15) is 0 Å². The lowest BCUT2D eigenvalue weighted by Crippen LogP contribution is -2.29. The van der Waals surface area contributed by atoms with Crippen molar-refractivity contribution in [2.24, 2.45) is 0 Å². The number of anilines is 1. The number of rotatable bonds is 2. The third-order valence-electron chi connectivity index (χ3n) is 3.80. The topological polar surface area (TPSA) is 50.3 Å². The average molecular weight is 280 g/mol. The van der Waals surface area contributed by atoms with Crippen LogP contribution in [0.4, 0.5) is 5.69 Å². The number of amides is 1. The largest absolute Gasteiger partial charge is 0.300 e. The minimum atomic E-state index is -0.455. The smallest absolute Gasteiger partial charge is 0.299 e. The van der Waals surface area contributed by atoms with Gasteiger partial charge in [0.1, 0.15) is 0 Å². The van der Waals surface area contributed by atoms with Crippen LogP contribution in [0.5, 0.6) is 0 Å². The molecule has 106 valence electrons. The molecule has 1 amide bonds. The van der Waals surface area contributed by atoms with Crippen LogP contribution in [0.25, 0.3) is 0 Å². The molecule has 0 radical (unpaired) electrons. The van der Waals surface area contributed by atoms with Gasteiger partial charge in [-0.25, -0.2) is 0 Å². The van der Waals surface area contributed by atoms with Crippen LogP contribution in [0.15, 0.2) is 30.6 Å². The second-order valence-electron chi connectivity index (χ2n) is 5.51. The maximum Gasteiger partial charge on any atom is 0.299 e. The minimum absolute atomic E-state index is 0.372. The van der Waals surface area contributed by atoms with Gasteiger partial charge in [0.15, 0.2) is 0 Å². The van der Waals surface area contributed by atoms with Crippen molar-refractivity contribution in [3.63, 3.8) is 0 Å². The molecule has 2 aromatic rings. The Morgan fingerprint density at radius 2 is 1.76 bits per heavy atom. The van der Waals surface area contributed by atoms with Crippen molar-refractivity contribution in [1.82, 2.24) is 4.98 Å². The zero-order valence-electron chi connectivity index (χ0n) is 12.3. The van der Waals surface area contributed by atoms with Crippen LogP contribution >= 0.6 is 0 Å². The van der Waals surface area contributed by atoms with Crippen LogP contribution in [-0.2, 0) is 11.3 Å². The number of hydrogen-bond donors (Lipinski definition) is 0. The van der Waals surface area contributed by atoms with Crippen molar-refractivity contribution < 1.29 is 9.59 Å². The molecule has 2 heterocycles. The number of carbonyl (C=O) groups excluding carboxylic acids is 2.